The zero-order valence-corrected chi connectivity index (χ0v) is 10.0. The quantitative estimate of drug-likeness (QED) is 0.822. The van der Waals surface area contributed by atoms with E-state index in [1.165, 1.54) is 6.07 Å². The highest BCUT2D eigenvalue weighted by Crippen LogP contribution is 2.26. The minimum Gasteiger partial charge on any atom is -0.396 e. The summed E-state index contributed by atoms with van der Waals surface area (Å²) in [7, 11) is 0. The van der Waals surface area contributed by atoms with Crippen LogP contribution in [0.5, 0.6) is 0 Å². The van der Waals surface area contributed by atoms with Gasteiger partial charge in [0, 0.05) is 29.9 Å². The van der Waals surface area contributed by atoms with E-state index in [1.54, 1.807) is 13.0 Å². The van der Waals surface area contributed by atoms with Crippen LogP contribution in [0.15, 0.2) is 18.2 Å². The van der Waals surface area contributed by atoms with E-state index in [0.29, 0.717) is 29.7 Å². The first kappa shape index (κ1) is 12.7. The molecule has 0 bridgehead atoms. The minimum absolute atomic E-state index is 0.0292. The molecule has 0 aliphatic rings. The number of rotatable bonds is 4. The maximum absolute atomic E-state index is 13.6. The van der Waals surface area contributed by atoms with Crippen LogP contribution in [0.25, 0.3) is 10.9 Å². The second kappa shape index (κ2) is 5.27. The van der Waals surface area contributed by atoms with E-state index >= 15 is 0 Å². The molecule has 0 aliphatic heterocycles. The third kappa shape index (κ3) is 2.41. The van der Waals surface area contributed by atoms with Crippen molar-refractivity contribution in [3.8, 4) is 0 Å². The van der Waals surface area contributed by atoms with Crippen LogP contribution in [0.4, 0.5) is 14.5 Å². The summed E-state index contributed by atoms with van der Waals surface area (Å²) in [5, 5.41) is 12.4. The Morgan fingerprint density at radius 2 is 2.11 bits per heavy atom. The average molecular weight is 252 g/mol. The summed E-state index contributed by atoms with van der Waals surface area (Å²) in [6.07, 6.45) is 0.590. The number of benzene rings is 1. The molecule has 2 aromatic rings. The monoisotopic (exact) mass is 252 g/mol. The van der Waals surface area contributed by atoms with Crippen LogP contribution < -0.4 is 5.32 Å². The van der Waals surface area contributed by atoms with E-state index in [2.05, 4.69) is 10.3 Å². The number of aliphatic hydroxyl groups excluding tert-OH is 1. The molecule has 0 saturated heterocycles. The van der Waals surface area contributed by atoms with Gasteiger partial charge in [0.15, 0.2) is 11.6 Å². The van der Waals surface area contributed by atoms with Crippen LogP contribution in [0.1, 0.15) is 12.1 Å². The zero-order chi connectivity index (χ0) is 13.1. The lowest BCUT2D eigenvalue weighted by Gasteiger charge is -2.10. The molecule has 1 heterocycles. The summed E-state index contributed by atoms with van der Waals surface area (Å²) in [6, 6.07) is 4.37. The molecular formula is C13H14F2N2O. The molecule has 0 spiro atoms. The lowest BCUT2D eigenvalue weighted by atomic mass is 10.1. The van der Waals surface area contributed by atoms with Gasteiger partial charge in [0.1, 0.15) is 5.52 Å². The first-order chi connectivity index (χ1) is 8.63. The topological polar surface area (TPSA) is 45.1 Å². The van der Waals surface area contributed by atoms with Crippen LogP contribution in [0.2, 0.25) is 0 Å². The molecule has 3 nitrogen and oxygen atoms in total. The van der Waals surface area contributed by atoms with Gasteiger partial charge >= 0.3 is 0 Å². The van der Waals surface area contributed by atoms with Crippen molar-refractivity contribution in [2.24, 2.45) is 0 Å². The highest BCUT2D eigenvalue weighted by molar-refractivity contribution is 5.91. The fraction of sp³-hybridized carbons (Fsp3) is 0.308. The molecule has 0 fully saturated rings. The standard InChI is InChI=1S/C13H14F2N2O/c1-8-7-11(16-5-2-6-18)9-3-4-10(14)12(15)13(9)17-8/h3-4,7,18H,2,5-6H2,1H3,(H,16,17). The number of aliphatic hydroxyl groups is 1. The van der Waals surface area contributed by atoms with Crippen LogP contribution in [-0.2, 0) is 0 Å². The Hall–Kier alpha value is -1.75. The Kier molecular flexibility index (Phi) is 3.72. The van der Waals surface area contributed by atoms with E-state index in [1.807, 2.05) is 0 Å². The second-order valence-electron chi connectivity index (χ2n) is 4.07. The summed E-state index contributed by atoms with van der Waals surface area (Å²) >= 11 is 0. The SMILES string of the molecule is Cc1cc(NCCCO)c2ccc(F)c(F)c2n1. The Bertz CT molecular complexity index is 572. The fourth-order valence-corrected chi connectivity index (χ4v) is 1.81. The number of nitrogens with one attached hydrogen (secondary N) is 1. The highest BCUT2D eigenvalue weighted by Gasteiger charge is 2.11. The van der Waals surface area contributed by atoms with Crippen molar-refractivity contribution in [2.45, 2.75) is 13.3 Å². The molecule has 0 aliphatic carbocycles. The van der Waals surface area contributed by atoms with Gasteiger partial charge in [-0.05, 0) is 31.5 Å². The number of hydrogen-bond acceptors (Lipinski definition) is 3. The number of halogens is 2. The Morgan fingerprint density at radius 1 is 1.33 bits per heavy atom. The third-order valence-electron chi connectivity index (χ3n) is 2.65. The molecule has 0 unspecified atom stereocenters. The summed E-state index contributed by atoms with van der Waals surface area (Å²) in [5.41, 5.74) is 1.34. The first-order valence-electron chi connectivity index (χ1n) is 5.73. The van der Waals surface area contributed by atoms with Crippen molar-refractivity contribution in [2.75, 3.05) is 18.5 Å². The lowest BCUT2D eigenvalue weighted by Crippen LogP contribution is -2.05. The van der Waals surface area contributed by atoms with Gasteiger partial charge in [-0.2, -0.15) is 0 Å². The second-order valence-corrected chi connectivity index (χ2v) is 4.07. The molecular weight excluding hydrogens is 238 g/mol. The predicted octanol–water partition coefficient (Wildman–Crippen LogP) is 2.62. The number of fused-ring (bicyclic) bond motifs is 1. The molecule has 96 valence electrons. The Balaban J connectivity index is 2.49. The van der Waals surface area contributed by atoms with E-state index < -0.39 is 11.6 Å². The van der Waals surface area contributed by atoms with Crippen molar-refractivity contribution in [1.29, 1.82) is 0 Å². The molecule has 2 rings (SSSR count). The van der Waals surface area contributed by atoms with Crippen LogP contribution in [0.3, 0.4) is 0 Å². The number of pyridine rings is 1. The highest BCUT2D eigenvalue weighted by atomic mass is 19.2. The van der Waals surface area contributed by atoms with Crippen molar-refractivity contribution in [3.05, 3.63) is 35.5 Å². The summed E-state index contributed by atoms with van der Waals surface area (Å²) < 4.78 is 26.8. The lowest BCUT2D eigenvalue weighted by molar-refractivity contribution is 0.292. The molecule has 0 saturated carbocycles. The number of hydrogen-bond donors (Lipinski definition) is 2. The molecule has 1 aromatic carbocycles. The Morgan fingerprint density at radius 3 is 2.83 bits per heavy atom. The van der Waals surface area contributed by atoms with Crippen molar-refractivity contribution < 1.29 is 13.9 Å². The fourth-order valence-electron chi connectivity index (χ4n) is 1.81. The van der Waals surface area contributed by atoms with Gasteiger partial charge in [-0.1, -0.05) is 0 Å². The summed E-state index contributed by atoms with van der Waals surface area (Å²) in [5.74, 6) is -1.83. The first-order valence-corrected chi connectivity index (χ1v) is 5.73. The Labute approximate surface area is 103 Å². The third-order valence-corrected chi connectivity index (χ3v) is 2.65. The largest absolute Gasteiger partial charge is 0.396 e. The average Bonchev–Trinajstić information content (AvgIpc) is 2.34. The zero-order valence-electron chi connectivity index (χ0n) is 10.0. The number of anilines is 1. The molecule has 0 radical (unpaired) electrons. The van der Waals surface area contributed by atoms with Gasteiger partial charge in [0.25, 0.3) is 0 Å². The van der Waals surface area contributed by atoms with Gasteiger partial charge in [0.05, 0.1) is 0 Å². The maximum atomic E-state index is 13.6. The molecule has 0 atom stereocenters. The molecule has 5 heteroatoms. The molecule has 18 heavy (non-hydrogen) atoms. The summed E-state index contributed by atoms with van der Waals surface area (Å²) in [4.78, 5) is 4.02. The number of aromatic nitrogens is 1. The van der Waals surface area contributed by atoms with E-state index in [-0.39, 0.29) is 12.1 Å². The van der Waals surface area contributed by atoms with Crippen LogP contribution in [0, 0.1) is 18.6 Å². The minimum atomic E-state index is -0.929. The molecule has 1 aromatic heterocycles. The van der Waals surface area contributed by atoms with Gasteiger partial charge in [-0.15, -0.1) is 0 Å². The van der Waals surface area contributed by atoms with Crippen LogP contribution in [-0.4, -0.2) is 23.2 Å². The maximum Gasteiger partial charge on any atom is 0.185 e. The smallest absolute Gasteiger partial charge is 0.185 e. The van der Waals surface area contributed by atoms with Crippen molar-refractivity contribution >= 4 is 16.6 Å². The number of nitrogens with zero attached hydrogens (tertiary/aromatic N) is 1. The van der Waals surface area contributed by atoms with Gasteiger partial charge in [-0.25, -0.2) is 13.8 Å². The van der Waals surface area contributed by atoms with Gasteiger partial charge in [0.2, 0.25) is 0 Å². The predicted molar refractivity (Wildman–Crippen MR) is 66.6 cm³/mol. The van der Waals surface area contributed by atoms with E-state index in [4.69, 9.17) is 5.11 Å². The number of aryl methyl sites for hydroxylation is 1. The van der Waals surface area contributed by atoms with E-state index in [0.717, 1.165) is 6.07 Å². The van der Waals surface area contributed by atoms with Gasteiger partial charge < -0.3 is 10.4 Å². The molecule has 0 amide bonds. The van der Waals surface area contributed by atoms with Crippen molar-refractivity contribution in [3.63, 3.8) is 0 Å². The van der Waals surface area contributed by atoms with Crippen LogP contribution >= 0.6 is 0 Å². The van der Waals surface area contributed by atoms with Crippen molar-refractivity contribution in [1.82, 2.24) is 4.98 Å². The van der Waals surface area contributed by atoms with E-state index in [9.17, 15) is 8.78 Å². The molecule has 2 N–H and O–H groups in total. The summed E-state index contributed by atoms with van der Waals surface area (Å²) in [6.45, 7) is 2.37. The normalized spacial score (nSPS) is 10.9. The van der Waals surface area contributed by atoms with Gasteiger partial charge in [-0.3, -0.25) is 0 Å².